The van der Waals surface area contributed by atoms with Gasteiger partial charge in [-0.15, -0.1) is 0 Å². The Morgan fingerprint density at radius 1 is 1.14 bits per heavy atom. The van der Waals surface area contributed by atoms with E-state index < -0.39 is 0 Å². The van der Waals surface area contributed by atoms with Gasteiger partial charge < -0.3 is 18.9 Å². The summed E-state index contributed by atoms with van der Waals surface area (Å²) >= 11 is 0. The van der Waals surface area contributed by atoms with Crippen LogP contribution in [0.4, 0.5) is 0 Å². The van der Waals surface area contributed by atoms with E-state index in [0.717, 1.165) is 17.6 Å². The van der Waals surface area contributed by atoms with E-state index in [4.69, 9.17) is 18.9 Å². The molecule has 5 heteroatoms. The van der Waals surface area contributed by atoms with Crippen molar-refractivity contribution >= 4 is 6.29 Å². The second kappa shape index (κ2) is 5.75. The molecule has 3 rings (SSSR count). The molecule has 2 aromatic carbocycles. The van der Waals surface area contributed by atoms with E-state index in [1.165, 1.54) is 0 Å². The number of fused-ring (bicyclic) bond motifs is 1. The van der Waals surface area contributed by atoms with Gasteiger partial charge in [-0.05, 0) is 23.8 Å². The van der Waals surface area contributed by atoms with Gasteiger partial charge in [0, 0.05) is 6.07 Å². The number of rotatable bonds is 5. The maximum atomic E-state index is 11.1. The van der Waals surface area contributed by atoms with E-state index in [1.54, 1.807) is 19.2 Å². The molecule has 1 heterocycles. The number of methoxy groups -OCH3 is 1. The van der Waals surface area contributed by atoms with Crippen LogP contribution >= 0.6 is 0 Å². The molecule has 0 saturated carbocycles. The molecule has 0 radical (unpaired) electrons. The third-order valence-electron chi connectivity index (χ3n) is 3.19. The van der Waals surface area contributed by atoms with E-state index in [1.807, 2.05) is 24.3 Å². The Kier molecular flexibility index (Phi) is 3.64. The van der Waals surface area contributed by atoms with Crippen molar-refractivity contribution in [1.29, 1.82) is 0 Å². The Bertz CT molecular complexity index is 648. The van der Waals surface area contributed by atoms with E-state index in [9.17, 15) is 4.79 Å². The zero-order valence-corrected chi connectivity index (χ0v) is 11.5. The first-order valence-electron chi connectivity index (χ1n) is 6.44. The third-order valence-corrected chi connectivity index (χ3v) is 3.19. The Labute approximate surface area is 122 Å². The zero-order chi connectivity index (χ0) is 14.7. The Balaban J connectivity index is 1.76. The average molecular weight is 286 g/mol. The van der Waals surface area contributed by atoms with Crippen molar-refractivity contribution in [3.8, 4) is 23.0 Å². The summed E-state index contributed by atoms with van der Waals surface area (Å²) in [4.78, 5) is 11.1. The largest absolute Gasteiger partial charge is 0.497 e. The predicted molar refractivity (Wildman–Crippen MR) is 75.3 cm³/mol. The molecule has 0 N–H and O–H groups in total. The van der Waals surface area contributed by atoms with Crippen LogP contribution in [-0.4, -0.2) is 20.2 Å². The van der Waals surface area contributed by atoms with E-state index in [2.05, 4.69) is 0 Å². The van der Waals surface area contributed by atoms with Crippen molar-refractivity contribution in [3.63, 3.8) is 0 Å². The molecule has 0 aromatic heterocycles. The summed E-state index contributed by atoms with van der Waals surface area (Å²) in [6, 6.07) is 10.8. The molecule has 108 valence electrons. The van der Waals surface area contributed by atoms with Gasteiger partial charge in [-0.2, -0.15) is 0 Å². The van der Waals surface area contributed by atoms with Crippen molar-refractivity contribution < 1.29 is 23.7 Å². The number of benzene rings is 2. The Morgan fingerprint density at radius 2 is 1.86 bits per heavy atom. The second-order valence-corrected chi connectivity index (χ2v) is 4.50. The van der Waals surface area contributed by atoms with Gasteiger partial charge in [0.15, 0.2) is 17.8 Å². The van der Waals surface area contributed by atoms with Gasteiger partial charge in [-0.3, -0.25) is 4.79 Å². The van der Waals surface area contributed by atoms with Crippen LogP contribution in [0.5, 0.6) is 23.0 Å². The smallest absolute Gasteiger partial charge is 0.231 e. The van der Waals surface area contributed by atoms with Crippen LogP contribution in [0, 0.1) is 0 Å². The van der Waals surface area contributed by atoms with Gasteiger partial charge >= 0.3 is 0 Å². The second-order valence-electron chi connectivity index (χ2n) is 4.50. The molecule has 0 atom stereocenters. The lowest BCUT2D eigenvalue weighted by Gasteiger charge is -2.10. The van der Waals surface area contributed by atoms with Crippen molar-refractivity contribution in [2.45, 2.75) is 6.61 Å². The molecular formula is C16H14O5. The monoisotopic (exact) mass is 286 g/mol. The van der Waals surface area contributed by atoms with E-state index in [-0.39, 0.29) is 6.79 Å². The molecule has 0 amide bonds. The fraction of sp³-hybridized carbons (Fsp3) is 0.188. The number of hydrogen-bond donors (Lipinski definition) is 0. The Hall–Kier alpha value is -2.69. The zero-order valence-electron chi connectivity index (χ0n) is 11.5. The number of aldehydes is 1. The van der Waals surface area contributed by atoms with Crippen LogP contribution in [0.25, 0.3) is 0 Å². The molecule has 0 saturated heterocycles. The minimum absolute atomic E-state index is 0.162. The molecule has 0 aliphatic carbocycles. The van der Waals surface area contributed by atoms with Crippen molar-refractivity contribution in [2.75, 3.05) is 13.9 Å². The number of hydrogen-bond acceptors (Lipinski definition) is 5. The molecule has 21 heavy (non-hydrogen) atoms. The van der Waals surface area contributed by atoms with Gasteiger partial charge in [-0.1, -0.05) is 12.1 Å². The lowest BCUT2D eigenvalue weighted by atomic mass is 10.2. The van der Waals surface area contributed by atoms with Gasteiger partial charge in [0.25, 0.3) is 0 Å². The molecule has 0 fully saturated rings. The lowest BCUT2D eigenvalue weighted by Crippen LogP contribution is -1.98. The fourth-order valence-corrected chi connectivity index (χ4v) is 2.04. The van der Waals surface area contributed by atoms with Gasteiger partial charge in [-0.25, -0.2) is 0 Å². The molecule has 0 unspecified atom stereocenters. The average Bonchev–Trinajstić information content (AvgIpc) is 2.99. The van der Waals surface area contributed by atoms with Gasteiger partial charge in [0.05, 0.1) is 12.7 Å². The number of ether oxygens (including phenoxy) is 4. The first-order valence-corrected chi connectivity index (χ1v) is 6.44. The summed E-state index contributed by atoms with van der Waals surface area (Å²) in [6.07, 6.45) is 0.741. The van der Waals surface area contributed by atoms with Crippen LogP contribution in [0.2, 0.25) is 0 Å². The standard InChI is InChI=1S/C16H14O5/c1-18-13-4-2-11(3-5-13)9-19-14-7-16-15(20-10-21-16)6-12(14)8-17/h2-8H,9-10H2,1H3. The summed E-state index contributed by atoms with van der Waals surface area (Å²) in [7, 11) is 1.62. The van der Waals surface area contributed by atoms with E-state index in [0.29, 0.717) is 29.4 Å². The molecule has 5 nitrogen and oxygen atoms in total. The van der Waals surface area contributed by atoms with Crippen LogP contribution in [0.3, 0.4) is 0 Å². The topological polar surface area (TPSA) is 54.0 Å². The quantitative estimate of drug-likeness (QED) is 0.791. The highest BCUT2D eigenvalue weighted by Gasteiger charge is 2.17. The minimum atomic E-state index is 0.162. The van der Waals surface area contributed by atoms with Crippen LogP contribution in [0.15, 0.2) is 36.4 Å². The van der Waals surface area contributed by atoms with Gasteiger partial charge in [0.2, 0.25) is 6.79 Å². The summed E-state index contributed by atoms with van der Waals surface area (Å²) in [5, 5.41) is 0. The van der Waals surface area contributed by atoms with Crippen molar-refractivity contribution in [1.82, 2.24) is 0 Å². The van der Waals surface area contributed by atoms with Crippen molar-refractivity contribution in [2.24, 2.45) is 0 Å². The maximum Gasteiger partial charge on any atom is 0.231 e. The first-order chi connectivity index (χ1) is 10.3. The summed E-state index contributed by atoms with van der Waals surface area (Å²) < 4.78 is 21.3. The summed E-state index contributed by atoms with van der Waals surface area (Å²) in [6.45, 7) is 0.514. The molecule has 1 aliphatic rings. The Morgan fingerprint density at radius 3 is 2.52 bits per heavy atom. The molecule has 1 aliphatic heterocycles. The highest BCUT2D eigenvalue weighted by atomic mass is 16.7. The number of carbonyl (C=O) groups is 1. The molecule has 0 bridgehead atoms. The third kappa shape index (κ3) is 2.76. The lowest BCUT2D eigenvalue weighted by molar-refractivity contribution is 0.111. The van der Waals surface area contributed by atoms with Crippen LogP contribution < -0.4 is 18.9 Å². The first kappa shape index (κ1) is 13.3. The van der Waals surface area contributed by atoms with Crippen molar-refractivity contribution in [3.05, 3.63) is 47.5 Å². The normalized spacial score (nSPS) is 12.0. The molecule has 2 aromatic rings. The highest BCUT2D eigenvalue weighted by Crippen LogP contribution is 2.37. The highest BCUT2D eigenvalue weighted by molar-refractivity contribution is 5.81. The summed E-state index contributed by atoms with van der Waals surface area (Å²) in [5.41, 5.74) is 1.41. The maximum absolute atomic E-state index is 11.1. The number of carbonyl (C=O) groups excluding carboxylic acids is 1. The molecular weight excluding hydrogens is 272 g/mol. The predicted octanol–water partition coefficient (Wildman–Crippen LogP) is 2.82. The van der Waals surface area contributed by atoms with Gasteiger partial charge in [0.1, 0.15) is 18.1 Å². The van der Waals surface area contributed by atoms with E-state index >= 15 is 0 Å². The fourth-order valence-electron chi connectivity index (χ4n) is 2.04. The summed E-state index contributed by atoms with van der Waals surface area (Å²) in [5.74, 6) is 2.42. The van der Waals surface area contributed by atoms with Crippen LogP contribution in [-0.2, 0) is 6.61 Å². The molecule has 0 spiro atoms. The minimum Gasteiger partial charge on any atom is -0.497 e. The van der Waals surface area contributed by atoms with Crippen LogP contribution in [0.1, 0.15) is 15.9 Å². The SMILES string of the molecule is COc1ccc(COc2cc3c(cc2C=O)OCO3)cc1.